The van der Waals surface area contributed by atoms with Crippen LogP contribution in [0, 0.1) is 6.92 Å². The van der Waals surface area contributed by atoms with E-state index in [9.17, 15) is 0 Å². The normalized spacial score (nSPS) is 11.5. The average molecular weight is 278 g/mol. The Morgan fingerprint density at radius 1 is 1.00 bits per heavy atom. The van der Waals surface area contributed by atoms with E-state index in [1.165, 1.54) is 0 Å². The maximum Gasteiger partial charge on any atom is 0.165 e. The molecule has 0 saturated carbocycles. The van der Waals surface area contributed by atoms with Gasteiger partial charge in [0.1, 0.15) is 0 Å². The summed E-state index contributed by atoms with van der Waals surface area (Å²) in [7, 11) is 1.84. The lowest BCUT2D eigenvalue weighted by molar-refractivity contribution is 0.790. The maximum atomic E-state index is 5.94. The van der Waals surface area contributed by atoms with Crippen LogP contribution in [0.15, 0.2) is 36.4 Å². The number of aromatic nitrogens is 5. The molecule has 0 amide bonds. The van der Waals surface area contributed by atoms with Gasteiger partial charge >= 0.3 is 0 Å². The molecule has 104 valence electrons. The number of hydrogen-bond acceptors (Lipinski definition) is 4. The van der Waals surface area contributed by atoms with Crippen molar-refractivity contribution < 1.29 is 0 Å². The minimum Gasteiger partial charge on any atom is -0.382 e. The van der Waals surface area contributed by atoms with Crippen molar-refractivity contribution >= 4 is 27.9 Å². The van der Waals surface area contributed by atoms with Gasteiger partial charge in [0, 0.05) is 12.4 Å². The predicted octanol–water partition coefficient (Wildman–Crippen LogP) is 2.20. The van der Waals surface area contributed by atoms with Crippen molar-refractivity contribution in [3.8, 4) is 5.69 Å². The molecule has 0 spiro atoms. The zero-order valence-corrected chi connectivity index (χ0v) is 11.8. The lowest BCUT2D eigenvalue weighted by Crippen LogP contribution is -1.99. The second kappa shape index (κ2) is 4.05. The number of anilines is 1. The van der Waals surface area contributed by atoms with Gasteiger partial charge in [-0.05, 0) is 25.1 Å². The largest absolute Gasteiger partial charge is 0.382 e. The molecule has 3 heterocycles. The molecule has 4 rings (SSSR count). The number of hydrogen-bond donors (Lipinski definition) is 1. The first-order valence-electron chi connectivity index (χ1n) is 6.69. The van der Waals surface area contributed by atoms with Crippen LogP contribution in [0.4, 0.5) is 5.82 Å². The Bertz CT molecular complexity index is 964. The number of nitrogens with two attached hydrogens (primary N) is 1. The van der Waals surface area contributed by atoms with Crippen molar-refractivity contribution in [3.05, 3.63) is 42.1 Å². The summed E-state index contributed by atoms with van der Waals surface area (Å²) in [5.74, 6) is 0.494. The number of nitrogen functional groups attached to an aromatic ring is 1. The van der Waals surface area contributed by atoms with Crippen LogP contribution in [0.1, 0.15) is 5.69 Å². The molecule has 0 bridgehead atoms. The van der Waals surface area contributed by atoms with Gasteiger partial charge in [0.25, 0.3) is 0 Å². The molecule has 0 fully saturated rings. The fourth-order valence-electron chi connectivity index (χ4n) is 2.62. The maximum absolute atomic E-state index is 5.94. The number of pyridine rings is 1. The molecule has 0 aliphatic carbocycles. The highest BCUT2D eigenvalue weighted by molar-refractivity contribution is 5.96. The third-order valence-corrected chi connectivity index (χ3v) is 3.66. The van der Waals surface area contributed by atoms with E-state index in [0.29, 0.717) is 5.82 Å². The molecule has 4 aromatic rings. The molecule has 21 heavy (non-hydrogen) atoms. The zero-order chi connectivity index (χ0) is 14.6. The highest BCUT2D eigenvalue weighted by Gasteiger charge is 2.15. The fraction of sp³-hybridized carbons (Fsp3) is 0.133. The number of para-hydroxylation sites is 1. The lowest BCUT2D eigenvalue weighted by Gasteiger charge is -2.02. The smallest absolute Gasteiger partial charge is 0.165 e. The second-order valence-corrected chi connectivity index (χ2v) is 5.07. The second-order valence-electron chi connectivity index (χ2n) is 5.07. The van der Waals surface area contributed by atoms with Crippen LogP contribution in [0.3, 0.4) is 0 Å². The van der Waals surface area contributed by atoms with Gasteiger partial charge in [0.2, 0.25) is 0 Å². The molecule has 6 nitrogen and oxygen atoms in total. The number of benzene rings is 1. The standard InChI is InChI=1S/C15H14N6/c1-9-11-8-12-13(16)19-20(2)14(12)17-15(11)21(18-9)10-6-4-3-5-7-10/h3-8H,1-2H3,(H2,16,19). The minimum absolute atomic E-state index is 0.494. The van der Waals surface area contributed by atoms with E-state index >= 15 is 0 Å². The van der Waals surface area contributed by atoms with E-state index in [-0.39, 0.29) is 0 Å². The van der Waals surface area contributed by atoms with Gasteiger partial charge in [-0.3, -0.25) is 0 Å². The van der Waals surface area contributed by atoms with Crippen molar-refractivity contribution in [2.24, 2.45) is 7.05 Å². The fourth-order valence-corrected chi connectivity index (χ4v) is 2.62. The molecule has 1 aromatic carbocycles. The first-order valence-corrected chi connectivity index (χ1v) is 6.69. The van der Waals surface area contributed by atoms with Crippen LogP contribution in [-0.4, -0.2) is 24.5 Å². The van der Waals surface area contributed by atoms with Gasteiger partial charge in [-0.25, -0.2) is 14.3 Å². The van der Waals surface area contributed by atoms with Crippen LogP contribution in [0.25, 0.3) is 27.8 Å². The van der Waals surface area contributed by atoms with E-state index in [1.807, 2.05) is 55.1 Å². The Kier molecular flexibility index (Phi) is 2.29. The van der Waals surface area contributed by atoms with Crippen molar-refractivity contribution in [1.82, 2.24) is 24.5 Å². The van der Waals surface area contributed by atoms with E-state index in [2.05, 4.69) is 10.2 Å². The quantitative estimate of drug-likeness (QED) is 0.579. The summed E-state index contributed by atoms with van der Waals surface area (Å²) in [6.45, 7) is 1.97. The van der Waals surface area contributed by atoms with Crippen molar-refractivity contribution in [2.75, 3.05) is 5.73 Å². The number of nitrogens with zero attached hydrogens (tertiary/aromatic N) is 5. The van der Waals surface area contributed by atoms with Crippen LogP contribution in [0.2, 0.25) is 0 Å². The van der Waals surface area contributed by atoms with E-state index in [4.69, 9.17) is 10.7 Å². The van der Waals surface area contributed by atoms with Gasteiger partial charge in [0.05, 0.1) is 16.8 Å². The molecular weight excluding hydrogens is 264 g/mol. The monoisotopic (exact) mass is 278 g/mol. The van der Waals surface area contributed by atoms with Gasteiger partial charge in [0.15, 0.2) is 17.1 Å². The molecular formula is C15H14N6. The average Bonchev–Trinajstić information content (AvgIpc) is 2.97. The van der Waals surface area contributed by atoms with Crippen molar-refractivity contribution in [1.29, 1.82) is 0 Å². The van der Waals surface area contributed by atoms with Crippen molar-refractivity contribution in [3.63, 3.8) is 0 Å². The molecule has 0 aliphatic rings. The van der Waals surface area contributed by atoms with Crippen LogP contribution in [0.5, 0.6) is 0 Å². The Morgan fingerprint density at radius 3 is 2.52 bits per heavy atom. The highest BCUT2D eigenvalue weighted by atomic mass is 15.3. The summed E-state index contributed by atoms with van der Waals surface area (Å²) < 4.78 is 3.55. The van der Waals surface area contributed by atoms with Crippen LogP contribution >= 0.6 is 0 Å². The molecule has 0 atom stereocenters. The topological polar surface area (TPSA) is 74.6 Å². The van der Waals surface area contributed by atoms with E-state index < -0.39 is 0 Å². The third-order valence-electron chi connectivity index (χ3n) is 3.66. The van der Waals surface area contributed by atoms with Gasteiger partial charge in [-0.2, -0.15) is 10.2 Å². The first kappa shape index (κ1) is 11.9. The predicted molar refractivity (Wildman–Crippen MR) is 82.3 cm³/mol. The van der Waals surface area contributed by atoms with Crippen molar-refractivity contribution in [2.45, 2.75) is 6.92 Å². The Morgan fingerprint density at radius 2 is 1.76 bits per heavy atom. The number of aryl methyl sites for hydroxylation is 2. The molecule has 0 unspecified atom stereocenters. The third kappa shape index (κ3) is 1.62. The van der Waals surface area contributed by atoms with E-state index in [0.717, 1.165) is 33.4 Å². The molecule has 0 saturated heterocycles. The summed E-state index contributed by atoms with van der Waals surface area (Å²) in [4.78, 5) is 4.72. The molecule has 2 N–H and O–H groups in total. The summed E-state index contributed by atoms with van der Waals surface area (Å²) in [5.41, 5.74) is 9.42. The first-order chi connectivity index (χ1) is 10.1. The number of rotatable bonds is 1. The zero-order valence-electron chi connectivity index (χ0n) is 11.8. The number of fused-ring (bicyclic) bond motifs is 2. The van der Waals surface area contributed by atoms with Gasteiger partial charge in [-0.15, -0.1) is 0 Å². The Labute approximate surface area is 120 Å². The molecule has 0 aliphatic heterocycles. The van der Waals surface area contributed by atoms with Crippen LogP contribution in [-0.2, 0) is 7.05 Å². The molecule has 0 radical (unpaired) electrons. The SMILES string of the molecule is Cc1nn(-c2ccccc2)c2nc3c(cc12)c(N)nn3C. The molecule has 6 heteroatoms. The summed E-state index contributed by atoms with van der Waals surface area (Å²) in [5, 5.41) is 10.7. The van der Waals surface area contributed by atoms with E-state index in [1.54, 1.807) is 4.68 Å². The summed E-state index contributed by atoms with van der Waals surface area (Å²) in [6, 6.07) is 12.0. The highest BCUT2D eigenvalue weighted by Crippen LogP contribution is 2.26. The van der Waals surface area contributed by atoms with Gasteiger partial charge in [-0.1, -0.05) is 18.2 Å². The molecule has 3 aromatic heterocycles. The summed E-state index contributed by atoms with van der Waals surface area (Å²) >= 11 is 0. The van der Waals surface area contributed by atoms with Gasteiger partial charge < -0.3 is 5.73 Å². The van der Waals surface area contributed by atoms with Crippen LogP contribution < -0.4 is 5.73 Å². The lowest BCUT2D eigenvalue weighted by atomic mass is 10.2. The Hall–Kier alpha value is -2.89. The summed E-state index contributed by atoms with van der Waals surface area (Å²) in [6.07, 6.45) is 0. The Balaban J connectivity index is 2.12. The minimum atomic E-state index is 0.494.